The molecule has 0 spiro atoms. The molecule has 0 bridgehead atoms. The number of hydrogen-bond donors (Lipinski definition) is 2. The predicted molar refractivity (Wildman–Crippen MR) is 95.8 cm³/mol. The average Bonchev–Trinajstić information content (AvgIpc) is 2.90. The van der Waals surface area contributed by atoms with Crippen LogP contribution in [0.2, 0.25) is 0 Å². The zero-order chi connectivity index (χ0) is 17.8. The van der Waals surface area contributed by atoms with E-state index >= 15 is 0 Å². The monoisotopic (exact) mass is 336 g/mol. The lowest BCUT2D eigenvalue weighted by Gasteiger charge is -2.23. The lowest BCUT2D eigenvalue weighted by atomic mass is 9.80. The van der Waals surface area contributed by atoms with Gasteiger partial charge in [0, 0.05) is 18.3 Å². The van der Waals surface area contributed by atoms with Gasteiger partial charge in [0.2, 0.25) is 0 Å². The summed E-state index contributed by atoms with van der Waals surface area (Å²) in [4.78, 5) is 22.8. The van der Waals surface area contributed by atoms with Gasteiger partial charge in [-0.3, -0.25) is 9.59 Å². The highest BCUT2D eigenvalue weighted by Crippen LogP contribution is 2.40. The van der Waals surface area contributed by atoms with Crippen molar-refractivity contribution in [1.82, 2.24) is 0 Å². The minimum atomic E-state index is -0.790. The van der Waals surface area contributed by atoms with E-state index in [1.807, 2.05) is 24.3 Å². The fourth-order valence-electron chi connectivity index (χ4n) is 3.26. The van der Waals surface area contributed by atoms with Gasteiger partial charge in [0.1, 0.15) is 5.78 Å². The van der Waals surface area contributed by atoms with Crippen molar-refractivity contribution in [3.8, 4) is 0 Å². The first kappa shape index (κ1) is 20.6. The predicted octanol–water partition coefficient (Wildman–Crippen LogP) is 4.42. The van der Waals surface area contributed by atoms with E-state index in [4.69, 9.17) is 5.11 Å². The first-order valence-corrected chi connectivity index (χ1v) is 9.27. The summed E-state index contributed by atoms with van der Waals surface area (Å²) < 4.78 is 0. The second-order valence-corrected chi connectivity index (χ2v) is 6.80. The summed E-state index contributed by atoms with van der Waals surface area (Å²) in [7, 11) is 0. The number of carboxylic acid groups (broad SMARTS) is 1. The van der Waals surface area contributed by atoms with Crippen molar-refractivity contribution in [2.75, 3.05) is 0 Å². The van der Waals surface area contributed by atoms with Crippen molar-refractivity contribution in [3.63, 3.8) is 0 Å². The number of aliphatic hydroxyl groups is 1. The van der Waals surface area contributed by atoms with Gasteiger partial charge < -0.3 is 10.2 Å². The van der Waals surface area contributed by atoms with Gasteiger partial charge in [0.25, 0.3) is 0 Å². The number of carboxylic acids is 1. The molecule has 1 saturated carbocycles. The molecule has 2 atom stereocenters. The van der Waals surface area contributed by atoms with Crippen LogP contribution in [0.15, 0.2) is 24.3 Å². The summed E-state index contributed by atoms with van der Waals surface area (Å²) >= 11 is 0. The molecule has 0 aliphatic heterocycles. The molecule has 0 aromatic rings. The molecule has 4 heteroatoms. The molecular weight excluding hydrogens is 304 g/mol. The third kappa shape index (κ3) is 7.43. The van der Waals surface area contributed by atoms with Crippen molar-refractivity contribution < 1.29 is 19.8 Å². The Hall–Kier alpha value is -1.42. The van der Waals surface area contributed by atoms with Crippen molar-refractivity contribution >= 4 is 11.8 Å². The van der Waals surface area contributed by atoms with Crippen LogP contribution in [0.25, 0.3) is 0 Å². The van der Waals surface area contributed by atoms with E-state index < -0.39 is 17.5 Å². The highest BCUT2D eigenvalue weighted by atomic mass is 16.4. The molecule has 4 nitrogen and oxygen atoms in total. The number of rotatable bonds is 12. The van der Waals surface area contributed by atoms with E-state index in [1.165, 1.54) is 0 Å². The number of allylic oxidation sites excluding steroid dienone is 3. The highest BCUT2D eigenvalue weighted by Gasteiger charge is 2.38. The van der Waals surface area contributed by atoms with E-state index in [9.17, 15) is 14.7 Å². The van der Waals surface area contributed by atoms with Crippen LogP contribution >= 0.6 is 0 Å². The maximum atomic E-state index is 12.3. The maximum Gasteiger partial charge on any atom is 0.303 e. The highest BCUT2D eigenvalue weighted by molar-refractivity contribution is 5.88. The van der Waals surface area contributed by atoms with Crippen LogP contribution in [0.5, 0.6) is 0 Å². The summed E-state index contributed by atoms with van der Waals surface area (Å²) in [6.07, 6.45) is 15.7. The van der Waals surface area contributed by atoms with Gasteiger partial charge in [-0.2, -0.15) is 0 Å². The maximum absolute atomic E-state index is 12.3. The zero-order valence-corrected chi connectivity index (χ0v) is 14.9. The fourth-order valence-corrected chi connectivity index (χ4v) is 3.26. The summed E-state index contributed by atoms with van der Waals surface area (Å²) in [5, 5.41) is 18.7. The number of aliphatic hydroxyl groups excluding tert-OH is 1. The fraction of sp³-hybridized carbons (Fsp3) is 0.700. The summed E-state index contributed by atoms with van der Waals surface area (Å²) in [5.41, 5.74) is -0.428. The Kier molecular flexibility index (Phi) is 9.62. The van der Waals surface area contributed by atoms with Crippen LogP contribution in [-0.4, -0.2) is 28.1 Å². The summed E-state index contributed by atoms with van der Waals surface area (Å²) in [6, 6.07) is 0. The van der Waals surface area contributed by atoms with E-state index in [0.717, 1.165) is 51.4 Å². The molecule has 136 valence electrons. The summed E-state index contributed by atoms with van der Waals surface area (Å²) in [6.45, 7) is 2.14. The molecule has 0 radical (unpaired) electrons. The Bertz CT molecular complexity index is 453. The lowest BCUT2D eigenvalue weighted by molar-refractivity contribution is -0.136. The van der Waals surface area contributed by atoms with E-state index in [2.05, 4.69) is 6.92 Å². The molecule has 1 aliphatic carbocycles. The molecule has 0 amide bonds. The molecule has 1 rings (SSSR count). The molecule has 1 fully saturated rings. The Labute approximate surface area is 145 Å². The van der Waals surface area contributed by atoms with Crippen LogP contribution in [0, 0.1) is 5.41 Å². The molecule has 0 aromatic heterocycles. The number of carbonyl (C=O) groups is 2. The minimum absolute atomic E-state index is 0.143. The number of hydrogen-bond acceptors (Lipinski definition) is 3. The Morgan fingerprint density at radius 3 is 2.67 bits per heavy atom. The van der Waals surface area contributed by atoms with Crippen LogP contribution < -0.4 is 0 Å². The standard InChI is InChI=1S/C20H32O4/c1-2-3-6-10-17(21)13-16-20(15-9-11-18(20)22)14-8-5-4-7-12-19(23)24/h4-5,13,16-17,21H,2-3,6-12,14-15H2,1H3,(H,23,24)/b5-4+,16-13+. The molecule has 24 heavy (non-hydrogen) atoms. The Morgan fingerprint density at radius 2 is 2.04 bits per heavy atom. The number of aliphatic carboxylic acids is 1. The van der Waals surface area contributed by atoms with Gasteiger partial charge in [-0.05, 0) is 38.5 Å². The third-order valence-electron chi connectivity index (χ3n) is 4.77. The van der Waals surface area contributed by atoms with Crippen LogP contribution in [0.1, 0.15) is 77.6 Å². The van der Waals surface area contributed by atoms with Crippen molar-refractivity contribution in [2.45, 2.75) is 83.7 Å². The Balaban J connectivity index is 2.51. The zero-order valence-electron chi connectivity index (χ0n) is 14.9. The van der Waals surface area contributed by atoms with E-state index in [-0.39, 0.29) is 12.2 Å². The normalized spacial score (nSPS) is 22.7. The largest absolute Gasteiger partial charge is 0.481 e. The second-order valence-electron chi connectivity index (χ2n) is 6.80. The Morgan fingerprint density at radius 1 is 1.29 bits per heavy atom. The first-order chi connectivity index (χ1) is 11.5. The van der Waals surface area contributed by atoms with Gasteiger partial charge in [0.05, 0.1) is 6.10 Å². The lowest BCUT2D eigenvalue weighted by Crippen LogP contribution is -2.23. The van der Waals surface area contributed by atoms with E-state index in [1.54, 1.807) is 0 Å². The van der Waals surface area contributed by atoms with Crippen LogP contribution in [-0.2, 0) is 9.59 Å². The van der Waals surface area contributed by atoms with Gasteiger partial charge in [-0.25, -0.2) is 0 Å². The molecular formula is C20H32O4. The average molecular weight is 336 g/mol. The second kappa shape index (κ2) is 11.2. The molecule has 0 saturated heterocycles. The number of ketones is 1. The van der Waals surface area contributed by atoms with Crippen molar-refractivity contribution in [3.05, 3.63) is 24.3 Å². The number of carbonyl (C=O) groups excluding carboxylic acids is 1. The topological polar surface area (TPSA) is 74.6 Å². The van der Waals surface area contributed by atoms with Gasteiger partial charge in [-0.1, -0.05) is 50.5 Å². The molecule has 1 aliphatic rings. The summed E-state index contributed by atoms with van der Waals surface area (Å²) in [5.74, 6) is -0.513. The first-order valence-electron chi connectivity index (χ1n) is 9.27. The molecule has 2 N–H and O–H groups in total. The van der Waals surface area contributed by atoms with Crippen LogP contribution in [0.3, 0.4) is 0 Å². The molecule has 0 aromatic carbocycles. The SMILES string of the molecule is CCCCCC(O)/C=C/C1(CC/C=C/CCC(=O)O)CCCC1=O. The number of unbranched alkanes of at least 4 members (excludes halogenated alkanes) is 2. The quantitative estimate of drug-likeness (QED) is 0.408. The number of Topliss-reactive ketones (excluding diaryl/α,β-unsaturated/α-hetero) is 1. The minimum Gasteiger partial charge on any atom is -0.481 e. The van der Waals surface area contributed by atoms with Gasteiger partial charge in [0.15, 0.2) is 0 Å². The van der Waals surface area contributed by atoms with E-state index in [0.29, 0.717) is 12.8 Å². The van der Waals surface area contributed by atoms with Crippen molar-refractivity contribution in [2.24, 2.45) is 5.41 Å². The van der Waals surface area contributed by atoms with Gasteiger partial charge >= 0.3 is 5.97 Å². The van der Waals surface area contributed by atoms with Crippen LogP contribution in [0.4, 0.5) is 0 Å². The molecule has 0 heterocycles. The van der Waals surface area contributed by atoms with Crippen molar-refractivity contribution in [1.29, 1.82) is 0 Å². The third-order valence-corrected chi connectivity index (χ3v) is 4.77. The smallest absolute Gasteiger partial charge is 0.303 e. The molecule has 2 unspecified atom stereocenters. The van der Waals surface area contributed by atoms with Gasteiger partial charge in [-0.15, -0.1) is 0 Å².